The monoisotopic (exact) mass is 465 g/mol. The van der Waals surface area contributed by atoms with Crippen LogP contribution in [0.25, 0.3) is 15.9 Å². The highest BCUT2D eigenvalue weighted by Crippen LogP contribution is 2.28. The summed E-state index contributed by atoms with van der Waals surface area (Å²) in [5.41, 5.74) is 1.43. The molecule has 0 fully saturated rings. The average Bonchev–Trinajstić information content (AvgIpc) is 3.41. The van der Waals surface area contributed by atoms with Crippen molar-refractivity contribution >= 4 is 44.7 Å². The fourth-order valence-corrected chi connectivity index (χ4v) is 5.44. The number of amides is 1. The van der Waals surface area contributed by atoms with Gasteiger partial charge in [0.2, 0.25) is 5.91 Å². The van der Waals surface area contributed by atoms with E-state index in [1.807, 2.05) is 37.3 Å². The van der Waals surface area contributed by atoms with Gasteiger partial charge in [-0.05, 0) is 48.7 Å². The van der Waals surface area contributed by atoms with Crippen molar-refractivity contribution in [2.45, 2.75) is 26.3 Å². The third-order valence-electron chi connectivity index (χ3n) is 5.76. The van der Waals surface area contributed by atoms with Crippen molar-refractivity contribution in [3.8, 4) is 5.69 Å². The summed E-state index contributed by atoms with van der Waals surface area (Å²) in [5, 5.41) is 0.853. The maximum atomic E-state index is 13.5. The number of para-hydroxylation sites is 1. The summed E-state index contributed by atoms with van der Waals surface area (Å²) in [5.74, 6) is -0.180. The highest BCUT2D eigenvalue weighted by Gasteiger charge is 2.26. The zero-order valence-electron chi connectivity index (χ0n) is 17.4. The smallest absolute Gasteiger partial charge is 0.310 e. The van der Waals surface area contributed by atoms with Crippen molar-refractivity contribution in [1.29, 1.82) is 0 Å². The van der Waals surface area contributed by atoms with E-state index >= 15 is 0 Å². The molecule has 8 heteroatoms. The number of aromatic nitrogens is 2. The predicted octanol–water partition coefficient (Wildman–Crippen LogP) is 4.02. The first-order valence-electron chi connectivity index (χ1n) is 10.4. The van der Waals surface area contributed by atoms with E-state index in [1.54, 1.807) is 29.2 Å². The quantitative estimate of drug-likeness (QED) is 0.457. The Balaban J connectivity index is 1.67. The van der Waals surface area contributed by atoms with Crippen molar-refractivity contribution < 1.29 is 4.79 Å². The van der Waals surface area contributed by atoms with Crippen molar-refractivity contribution in [1.82, 2.24) is 9.13 Å². The maximum Gasteiger partial charge on any atom is 0.337 e. The molecular weight excluding hydrogens is 446 g/mol. The molecule has 0 unspecified atom stereocenters. The lowest BCUT2D eigenvalue weighted by Gasteiger charge is -2.19. The summed E-state index contributed by atoms with van der Waals surface area (Å²) in [6, 6.07) is 16.2. The van der Waals surface area contributed by atoms with Crippen molar-refractivity contribution in [2.75, 3.05) is 11.4 Å². The van der Waals surface area contributed by atoms with Crippen LogP contribution in [0.1, 0.15) is 17.4 Å². The van der Waals surface area contributed by atoms with Crippen LogP contribution in [0.3, 0.4) is 0 Å². The first-order valence-corrected chi connectivity index (χ1v) is 11.6. The van der Waals surface area contributed by atoms with Gasteiger partial charge in [-0.3, -0.25) is 14.2 Å². The van der Waals surface area contributed by atoms with Crippen LogP contribution in [0.4, 0.5) is 5.69 Å². The minimum Gasteiger partial charge on any atom is -0.310 e. The Morgan fingerprint density at radius 1 is 1.09 bits per heavy atom. The first-order chi connectivity index (χ1) is 15.5. The summed E-state index contributed by atoms with van der Waals surface area (Å²) in [6.07, 6.45) is 1.52. The lowest BCUT2D eigenvalue weighted by molar-refractivity contribution is -0.119. The molecule has 2 aromatic carbocycles. The molecule has 2 aromatic heterocycles. The molecule has 0 bridgehead atoms. The highest BCUT2D eigenvalue weighted by molar-refractivity contribution is 7.18. The zero-order chi connectivity index (χ0) is 22.4. The number of aryl methyl sites for hydroxylation is 1. The Kier molecular flexibility index (Phi) is 5.23. The number of rotatable bonds is 4. The third-order valence-corrected chi connectivity index (χ3v) is 7.30. The molecule has 0 N–H and O–H groups in total. The molecular formula is C24H20ClN3O3S. The van der Waals surface area contributed by atoms with Gasteiger partial charge in [0.15, 0.2) is 0 Å². The number of thiophene rings is 1. The average molecular weight is 466 g/mol. The van der Waals surface area contributed by atoms with E-state index in [0.29, 0.717) is 27.5 Å². The molecule has 3 heterocycles. The van der Waals surface area contributed by atoms with E-state index in [0.717, 1.165) is 33.5 Å². The number of anilines is 1. The molecule has 1 aliphatic heterocycles. The second-order valence-electron chi connectivity index (χ2n) is 7.70. The van der Waals surface area contributed by atoms with Gasteiger partial charge in [-0.2, -0.15) is 0 Å². The second-order valence-corrected chi connectivity index (χ2v) is 9.25. The molecule has 0 atom stereocenters. The normalized spacial score (nSPS) is 13.0. The van der Waals surface area contributed by atoms with Crippen LogP contribution >= 0.6 is 22.9 Å². The van der Waals surface area contributed by atoms with Crippen molar-refractivity contribution in [2.24, 2.45) is 0 Å². The van der Waals surface area contributed by atoms with E-state index in [2.05, 4.69) is 0 Å². The van der Waals surface area contributed by atoms with Gasteiger partial charge in [-0.15, -0.1) is 11.3 Å². The van der Waals surface area contributed by atoms with Crippen LogP contribution in [0.2, 0.25) is 5.02 Å². The summed E-state index contributed by atoms with van der Waals surface area (Å²) in [6.45, 7) is 2.43. The van der Waals surface area contributed by atoms with Gasteiger partial charge in [0.05, 0.1) is 11.1 Å². The van der Waals surface area contributed by atoms with Gasteiger partial charge in [-0.1, -0.05) is 42.8 Å². The number of hydrogen-bond acceptors (Lipinski definition) is 4. The standard InChI is InChI=1S/C24H20ClN3O3S/c1-2-18-13-19-22(30)28(17-8-5-7-16(25)12-17)24(31)27(23(19)32-18)14-21(29)26-11-10-15-6-3-4-9-20(15)26/h3-9,12-13H,2,10-11,14H2,1H3. The van der Waals surface area contributed by atoms with Gasteiger partial charge in [0.25, 0.3) is 5.56 Å². The maximum absolute atomic E-state index is 13.5. The number of benzene rings is 2. The van der Waals surface area contributed by atoms with Gasteiger partial charge < -0.3 is 4.90 Å². The van der Waals surface area contributed by atoms with E-state index in [-0.39, 0.29) is 12.5 Å². The fourth-order valence-electron chi connectivity index (χ4n) is 4.17. The highest BCUT2D eigenvalue weighted by atomic mass is 35.5. The molecule has 1 amide bonds. The van der Waals surface area contributed by atoms with Gasteiger partial charge >= 0.3 is 5.69 Å². The molecule has 4 aromatic rings. The second kappa shape index (κ2) is 8.07. The Morgan fingerprint density at radius 3 is 2.69 bits per heavy atom. The number of hydrogen-bond donors (Lipinski definition) is 0. The summed E-state index contributed by atoms with van der Waals surface area (Å²) in [7, 11) is 0. The number of carbonyl (C=O) groups is 1. The van der Waals surface area contributed by atoms with Gasteiger partial charge in [0, 0.05) is 22.1 Å². The van der Waals surface area contributed by atoms with Gasteiger partial charge in [0.1, 0.15) is 11.4 Å². The molecule has 1 aliphatic rings. The molecule has 5 rings (SSSR count). The van der Waals surface area contributed by atoms with E-state index in [4.69, 9.17) is 11.6 Å². The number of carbonyl (C=O) groups excluding carboxylic acids is 1. The van der Waals surface area contributed by atoms with E-state index in [9.17, 15) is 14.4 Å². The Bertz CT molecular complexity index is 1480. The Hall–Kier alpha value is -3.16. The molecule has 0 aliphatic carbocycles. The summed E-state index contributed by atoms with van der Waals surface area (Å²) >= 11 is 7.50. The minimum atomic E-state index is -0.546. The predicted molar refractivity (Wildman–Crippen MR) is 129 cm³/mol. The van der Waals surface area contributed by atoms with Crippen LogP contribution in [0.15, 0.2) is 64.2 Å². The van der Waals surface area contributed by atoms with Crippen LogP contribution in [0.5, 0.6) is 0 Å². The lowest BCUT2D eigenvalue weighted by Crippen LogP contribution is -2.42. The van der Waals surface area contributed by atoms with Crippen LogP contribution in [-0.2, 0) is 24.2 Å². The fraction of sp³-hybridized carbons (Fsp3) is 0.208. The van der Waals surface area contributed by atoms with E-state index < -0.39 is 11.2 Å². The molecule has 0 saturated carbocycles. The number of nitrogens with zero attached hydrogens (tertiary/aromatic N) is 3. The van der Waals surface area contributed by atoms with Crippen LogP contribution in [0, 0.1) is 0 Å². The summed E-state index contributed by atoms with van der Waals surface area (Å²) in [4.78, 5) is 43.3. The molecule has 0 radical (unpaired) electrons. The third kappa shape index (κ3) is 3.38. The number of fused-ring (bicyclic) bond motifs is 2. The summed E-state index contributed by atoms with van der Waals surface area (Å²) < 4.78 is 2.52. The molecule has 32 heavy (non-hydrogen) atoms. The lowest BCUT2D eigenvalue weighted by atomic mass is 10.2. The van der Waals surface area contributed by atoms with Crippen molar-refractivity contribution in [3.63, 3.8) is 0 Å². The molecule has 6 nitrogen and oxygen atoms in total. The van der Waals surface area contributed by atoms with Gasteiger partial charge in [-0.25, -0.2) is 9.36 Å². The topological polar surface area (TPSA) is 64.3 Å². The Morgan fingerprint density at radius 2 is 1.91 bits per heavy atom. The zero-order valence-corrected chi connectivity index (χ0v) is 18.9. The SMILES string of the molecule is CCc1cc2c(=O)n(-c3cccc(Cl)c3)c(=O)n(CC(=O)N3CCc4ccccc43)c2s1. The Labute approximate surface area is 192 Å². The minimum absolute atomic E-state index is 0.145. The largest absolute Gasteiger partial charge is 0.337 e. The molecule has 0 saturated heterocycles. The van der Waals surface area contributed by atoms with Crippen molar-refractivity contribution in [3.05, 3.63) is 90.9 Å². The van der Waals surface area contributed by atoms with E-state index in [1.165, 1.54) is 15.9 Å². The number of halogens is 1. The van der Waals surface area contributed by atoms with Crippen LogP contribution in [-0.4, -0.2) is 21.6 Å². The first kappa shape index (κ1) is 20.7. The van der Waals surface area contributed by atoms with Crippen LogP contribution < -0.4 is 16.1 Å². The molecule has 0 spiro atoms. The molecule has 162 valence electrons.